The number of alkyl halides is 1. The summed E-state index contributed by atoms with van der Waals surface area (Å²) in [7, 11) is 0. The quantitative estimate of drug-likeness (QED) is 0.758. The van der Waals surface area contributed by atoms with Crippen molar-refractivity contribution in [1.29, 1.82) is 0 Å². The summed E-state index contributed by atoms with van der Waals surface area (Å²) in [4.78, 5) is 11.3. The Hall–Kier alpha value is -0.340. The van der Waals surface area contributed by atoms with Crippen molar-refractivity contribution in [1.82, 2.24) is 0 Å². The summed E-state index contributed by atoms with van der Waals surface area (Å²) in [6, 6.07) is 7.48. The molecule has 1 unspecified atom stereocenters. The summed E-state index contributed by atoms with van der Waals surface area (Å²) >= 11 is 9.26. The molecule has 0 radical (unpaired) electrons. The maximum Gasteiger partial charge on any atom is 0.154 e. The fourth-order valence-corrected chi connectivity index (χ4v) is 1.56. The molecule has 13 heavy (non-hydrogen) atoms. The summed E-state index contributed by atoms with van der Waals surface area (Å²) < 4.78 is 0.990. The molecule has 1 rings (SSSR count). The van der Waals surface area contributed by atoms with E-state index in [1.54, 1.807) is 0 Å². The second-order valence-corrected chi connectivity index (χ2v) is 4.09. The van der Waals surface area contributed by atoms with Gasteiger partial charge in [-0.05, 0) is 17.7 Å². The predicted octanol–water partition coefficient (Wildman–Crippen LogP) is 3.71. The van der Waals surface area contributed by atoms with Gasteiger partial charge >= 0.3 is 0 Å². The number of hydrogen-bond donors (Lipinski definition) is 0. The van der Waals surface area contributed by atoms with Crippen molar-refractivity contribution in [2.45, 2.75) is 18.7 Å². The lowest BCUT2D eigenvalue weighted by atomic mass is 10.1. The summed E-state index contributed by atoms with van der Waals surface area (Å²) in [6.45, 7) is 1.82. The van der Waals surface area contributed by atoms with Gasteiger partial charge in [-0.15, -0.1) is 11.6 Å². The molecule has 0 amide bonds. The van der Waals surface area contributed by atoms with Crippen LogP contribution in [0.25, 0.3) is 0 Å². The van der Waals surface area contributed by atoms with E-state index in [2.05, 4.69) is 15.9 Å². The zero-order valence-electron chi connectivity index (χ0n) is 7.26. The number of carbonyl (C=O) groups excluding carboxylic acids is 1. The highest BCUT2D eigenvalue weighted by atomic mass is 79.9. The van der Waals surface area contributed by atoms with E-state index in [1.165, 1.54) is 0 Å². The average molecular weight is 262 g/mol. The first-order valence-electron chi connectivity index (χ1n) is 4.07. The van der Waals surface area contributed by atoms with E-state index < -0.39 is 5.38 Å². The van der Waals surface area contributed by atoms with Gasteiger partial charge in [0.15, 0.2) is 5.78 Å². The maximum absolute atomic E-state index is 11.3. The highest BCUT2D eigenvalue weighted by Gasteiger charge is 2.14. The molecule has 3 heteroatoms. The molecule has 0 aliphatic carbocycles. The van der Waals surface area contributed by atoms with E-state index in [-0.39, 0.29) is 5.78 Å². The standard InChI is InChI=1S/C10H10BrClO/c1-2-9(13)10(12)7-3-5-8(11)6-4-7/h3-6,10H,2H2,1H3. The van der Waals surface area contributed by atoms with Gasteiger partial charge in [0.2, 0.25) is 0 Å². The Balaban J connectivity index is 2.83. The van der Waals surface area contributed by atoms with Crippen LogP contribution in [-0.4, -0.2) is 5.78 Å². The monoisotopic (exact) mass is 260 g/mol. The van der Waals surface area contributed by atoms with Crippen molar-refractivity contribution in [2.75, 3.05) is 0 Å². The minimum absolute atomic E-state index is 0.0592. The highest BCUT2D eigenvalue weighted by molar-refractivity contribution is 9.10. The largest absolute Gasteiger partial charge is 0.298 e. The molecule has 70 valence electrons. The Morgan fingerprint density at radius 1 is 1.46 bits per heavy atom. The average Bonchev–Trinajstić information content (AvgIpc) is 2.17. The van der Waals surface area contributed by atoms with Crippen molar-refractivity contribution in [3.63, 3.8) is 0 Å². The molecular weight excluding hydrogens is 251 g/mol. The normalized spacial score (nSPS) is 12.5. The second-order valence-electron chi connectivity index (χ2n) is 2.73. The van der Waals surface area contributed by atoms with Gasteiger partial charge in [0.25, 0.3) is 0 Å². The smallest absolute Gasteiger partial charge is 0.154 e. The Labute approximate surface area is 91.2 Å². The van der Waals surface area contributed by atoms with Gasteiger partial charge in [-0.3, -0.25) is 4.79 Å². The van der Waals surface area contributed by atoms with Crippen LogP contribution >= 0.6 is 27.5 Å². The van der Waals surface area contributed by atoms with Crippen molar-refractivity contribution >= 4 is 33.3 Å². The van der Waals surface area contributed by atoms with Gasteiger partial charge in [-0.25, -0.2) is 0 Å². The van der Waals surface area contributed by atoms with Crippen LogP contribution in [0.5, 0.6) is 0 Å². The maximum atomic E-state index is 11.3. The Kier molecular flexibility index (Phi) is 3.94. The number of ketones is 1. The zero-order chi connectivity index (χ0) is 9.84. The van der Waals surface area contributed by atoms with Crippen LogP contribution in [-0.2, 0) is 4.79 Å². The minimum Gasteiger partial charge on any atom is -0.298 e. The Morgan fingerprint density at radius 2 is 2.00 bits per heavy atom. The number of Topliss-reactive ketones (excluding diaryl/α,β-unsaturated/α-hetero) is 1. The van der Waals surface area contributed by atoms with E-state index in [1.807, 2.05) is 31.2 Å². The van der Waals surface area contributed by atoms with E-state index in [0.29, 0.717) is 6.42 Å². The summed E-state index contributed by atoms with van der Waals surface area (Å²) in [5.74, 6) is 0.0592. The molecule has 0 aliphatic heterocycles. The van der Waals surface area contributed by atoms with Gasteiger partial charge in [0, 0.05) is 10.9 Å². The third kappa shape index (κ3) is 2.82. The SMILES string of the molecule is CCC(=O)C(Cl)c1ccc(Br)cc1. The topological polar surface area (TPSA) is 17.1 Å². The fraction of sp³-hybridized carbons (Fsp3) is 0.300. The Bertz CT molecular complexity index is 294. The molecule has 1 atom stereocenters. The van der Waals surface area contributed by atoms with Crippen molar-refractivity contribution in [3.05, 3.63) is 34.3 Å². The zero-order valence-corrected chi connectivity index (χ0v) is 9.60. The van der Waals surface area contributed by atoms with Crippen molar-refractivity contribution < 1.29 is 4.79 Å². The summed E-state index contributed by atoms with van der Waals surface area (Å²) in [5.41, 5.74) is 0.858. The van der Waals surface area contributed by atoms with Gasteiger partial charge in [-0.2, -0.15) is 0 Å². The molecule has 0 saturated heterocycles. The van der Waals surface area contributed by atoms with E-state index >= 15 is 0 Å². The summed E-state index contributed by atoms with van der Waals surface area (Å²) in [5, 5.41) is -0.502. The molecule has 0 aromatic heterocycles. The number of rotatable bonds is 3. The number of carbonyl (C=O) groups is 1. The van der Waals surface area contributed by atoms with Crippen molar-refractivity contribution in [2.24, 2.45) is 0 Å². The molecule has 1 aromatic rings. The van der Waals surface area contributed by atoms with E-state index in [9.17, 15) is 4.79 Å². The molecule has 1 aromatic carbocycles. The lowest BCUT2D eigenvalue weighted by molar-refractivity contribution is -0.118. The summed E-state index contributed by atoms with van der Waals surface area (Å²) in [6.07, 6.45) is 0.476. The van der Waals surface area contributed by atoms with Gasteiger partial charge in [0.1, 0.15) is 5.38 Å². The number of halogens is 2. The molecule has 0 fully saturated rings. The fourth-order valence-electron chi connectivity index (χ4n) is 0.997. The van der Waals surface area contributed by atoms with Crippen LogP contribution in [0.4, 0.5) is 0 Å². The van der Waals surface area contributed by atoms with Crippen LogP contribution in [0.2, 0.25) is 0 Å². The molecule has 0 N–H and O–H groups in total. The molecule has 0 spiro atoms. The van der Waals surface area contributed by atoms with E-state index in [0.717, 1.165) is 10.0 Å². The third-order valence-corrected chi connectivity index (χ3v) is 2.82. The number of hydrogen-bond acceptors (Lipinski definition) is 1. The first kappa shape index (κ1) is 10.7. The Morgan fingerprint density at radius 3 is 2.46 bits per heavy atom. The molecule has 0 heterocycles. The van der Waals surface area contributed by atoms with Crippen LogP contribution in [0.15, 0.2) is 28.7 Å². The van der Waals surface area contributed by atoms with Crippen LogP contribution in [0, 0.1) is 0 Å². The lowest BCUT2D eigenvalue weighted by Gasteiger charge is -2.06. The second kappa shape index (κ2) is 4.77. The molecular formula is C10H10BrClO. The van der Waals surface area contributed by atoms with Crippen molar-refractivity contribution in [3.8, 4) is 0 Å². The third-order valence-electron chi connectivity index (χ3n) is 1.79. The van der Waals surface area contributed by atoms with Gasteiger partial charge in [-0.1, -0.05) is 35.0 Å². The first-order valence-corrected chi connectivity index (χ1v) is 5.30. The van der Waals surface area contributed by atoms with Gasteiger partial charge < -0.3 is 0 Å². The first-order chi connectivity index (χ1) is 6.15. The predicted molar refractivity (Wildman–Crippen MR) is 58.0 cm³/mol. The number of benzene rings is 1. The van der Waals surface area contributed by atoms with Crippen LogP contribution in [0.1, 0.15) is 24.3 Å². The molecule has 1 nitrogen and oxygen atoms in total. The molecule has 0 aliphatic rings. The van der Waals surface area contributed by atoms with Crippen LogP contribution < -0.4 is 0 Å². The molecule has 0 bridgehead atoms. The van der Waals surface area contributed by atoms with E-state index in [4.69, 9.17) is 11.6 Å². The highest BCUT2D eigenvalue weighted by Crippen LogP contribution is 2.24. The minimum atomic E-state index is -0.502. The molecule has 0 saturated carbocycles. The van der Waals surface area contributed by atoms with Crippen LogP contribution in [0.3, 0.4) is 0 Å². The van der Waals surface area contributed by atoms with Gasteiger partial charge in [0.05, 0.1) is 0 Å². The lowest BCUT2D eigenvalue weighted by Crippen LogP contribution is -2.04.